The fourth-order valence-electron chi connectivity index (χ4n) is 3.74. The summed E-state index contributed by atoms with van der Waals surface area (Å²) in [5.41, 5.74) is 5.54. The number of halogens is 1. The Hall–Kier alpha value is -3.70. The van der Waals surface area contributed by atoms with Gasteiger partial charge in [0.25, 0.3) is 0 Å². The standard InChI is InChI=1S/C19H21FN6O5/c1-30-23-14-8-25(6-11(14)16(21)24-31-2)18-13(20)5-10-15(27)12(19(28)29)7-26(9-3-4-9)17(10)22-18/h5,7,9,11H,3-4,6,8H2,1-2H3,(H2,21,24)(H,28,29)/b23-14+. The first-order valence-electron chi connectivity index (χ1n) is 9.55. The summed E-state index contributed by atoms with van der Waals surface area (Å²) >= 11 is 0. The van der Waals surface area contributed by atoms with Gasteiger partial charge in [-0.3, -0.25) is 4.79 Å². The van der Waals surface area contributed by atoms with Gasteiger partial charge < -0.3 is 30.0 Å². The Morgan fingerprint density at radius 1 is 1.35 bits per heavy atom. The third-order valence-corrected chi connectivity index (χ3v) is 5.33. The summed E-state index contributed by atoms with van der Waals surface area (Å²) in [6.45, 7) is 0.395. The second-order valence-corrected chi connectivity index (χ2v) is 7.38. The van der Waals surface area contributed by atoms with E-state index in [1.54, 1.807) is 9.47 Å². The van der Waals surface area contributed by atoms with Crippen LogP contribution in [-0.2, 0) is 9.68 Å². The van der Waals surface area contributed by atoms with E-state index < -0.39 is 28.7 Å². The van der Waals surface area contributed by atoms with Crippen LogP contribution in [0.25, 0.3) is 11.0 Å². The van der Waals surface area contributed by atoms with Crippen LogP contribution in [0.1, 0.15) is 29.2 Å². The van der Waals surface area contributed by atoms with Gasteiger partial charge in [0.1, 0.15) is 31.3 Å². The number of pyridine rings is 2. The van der Waals surface area contributed by atoms with Gasteiger partial charge in [0.15, 0.2) is 11.6 Å². The van der Waals surface area contributed by atoms with E-state index in [1.165, 1.54) is 20.4 Å². The first-order valence-corrected chi connectivity index (χ1v) is 9.55. The number of fused-ring (bicyclic) bond motifs is 1. The number of hydrogen-bond donors (Lipinski definition) is 2. The number of carboxylic acids is 1. The van der Waals surface area contributed by atoms with Gasteiger partial charge in [0, 0.05) is 18.8 Å². The Labute approximate surface area is 175 Å². The molecule has 3 heterocycles. The lowest BCUT2D eigenvalue weighted by Crippen LogP contribution is -2.31. The van der Waals surface area contributed by atoms with Crippen LogP contribution in [0.3, 0.4) is 0 Å². The molecule has 1 aliphatic carbocycles. The summed E-state index contributed by atoms with van der Waals surface area (Å²) in [6, 6.07) is 1.06. The molecule has 2 fully saturated rings. The molecule has 1 unspecified atom stereocenters. The van der Waals surface area contributed by atoms with Crippen LogP contribution in [0.5, 0.6) is 0 Å². The predicted octanol–water partition coefficient (Wildman–Crippen LogP) is 0.926. The molecule has 1 aliphatic heterocycles. The number of carboxylic acid groups (broad SMARTS) is 1. The molecule has 164 valence electrons. The summed E-state index contributed by atoms with van der Waals surface area (Å²) in [6.07, 6.45) is 2.94. The summed E-state index contributed by atoms with van der Waals surface area (Å²) in [5.74, 6) is -2.43. The van der Waals surface area contributed by atoms with Crippen molar-refractivity contribution in [1.29, 1.82) is 0 Å². The quantitative estimate of drug-likeness (QED) is 0.390. The predicted molar refractivity (Wildman–Crippen MR) is 110 cm³/mol. The van der Waals surface area contributed by atoms with E-state index >= 15 is 4.39 Å². The molecule has 1 atom stereocenters. The maximum absolute atomic E-state index is 15.1. The molecule has 2 aromatic rings. The van der Waals surface area contributed by atoms with Crippen molar-refractivity contribution in [2.24, 2.45) is 22.0 Å². The molecule has 2 aromatic heterocycles. The van der Waals surface area contributed by atoms with Crippen molar-refractivity contribution in [2.75, 3.05) is 32.2 Å². The van der Waals surface area contributed by atoms with Crippen LogP contribution in [0.15, 0.2) is 27.4 Å². The van der Waals surface area contributed by atoms with Gasteiger partial charge >= 0.3 is 5.97 Å². The van der Waals surface area contributed by atoms with Crippen molar-refractivity contribution < 1.29 is 24.0 Å². The number of oxime groups is 2. The highest BCUT2D eigenvalue weighted by molar-refractivity contribution is 6.10. The largest absolute Gasteiger partial charge is 0.477 e. The number of nitrogens with zero attached hydrogens (tertiary/aromatic N) is 5. The SMILES string of the molecule is CO/N=C1\CN(c2nc3c(cc2F)c(=O)c(C(=O)O)cn3C2CC2)CC1/C(N)=N\OC. The Balaban J connectivity index is 1.83. The van der Waals surface area contributed by atoms with Crippen molar-refractivity contribution >= 4 is 34.4 Å². The first-order chi connectivity index (χ1) is 14.8. The maximum atomic E-state index is 15.1. The number of amidine groups is 1. The number of rotatable bonds is 6. The highest BCUT2D eigenvalue weighted by Crippen LogP contribution is 2.37. The number of nitrogens with two attached hydrogens (primary N) is 1. The number of anilines is 1. The topological polar surface area (TPSA) is 145 Å². The summed E-state index contributed by atoms with van der Waals surface area (Å²) in [4.78, 5) is 39.7. The molecule has 31 heavy (non-hydrogen) atoms. The Kier molecular flexibility index (Phi) is 5.21. The summed E-state index contributed by atoms with van der Waals surface area (Å²) < 4.78 is 16.7. The molecular formula is C19H21FN6O5. The van der Waals surface area contributed by atoms with E-state index in [2.05, 4.69) is 15.3 Å². The molecule has 1 saturated heterocycles. The van der Waals surface area contributed by atoms with Crippen LogP contribution < -0.4 is 16.1 Å². The van der Waals surface area contributed by atoms with Crippen LogP contribution in [0, 0.1) is 11.7 Å². The lowest BCUT2D eigenvalue weighted by Gasteiger charge is -2.19. The van der Waals surface area contributed by atoms with Crippen LogP contribution in [0.2, 0.25) is 0 Å². The second kappa shape index (κ2) is 7.85. The molecule has 12 heteroatoms. The molecule has 1 saturated carbocycles. The zero-order chi connectivity index (χ0) is 22.3. The van der Waals surface area contributed by atoms with E-state index in [-0.39, 0.29) is 41.8 Å². The average molecular weight is 432 g/mol. The van der Waals surface area contributed by atoms with E-state index in [9.17, 15) is 14.7 Å². The molecule has 0 bridgehead atoms. The van der Waals surface area contributed by atoms with Gasteiger partial charge in [0.05, 0.1) is 23.6 Å². The lowest BCUT2D eigenvalue weighted by atomic mass is 10.1. The van der Waals surface area contributed by atoms with E-state index in [1.807, 2.05) is 0 Å². The average Bonchev–Trinajstić information content (AvgIpc) is 3.48. The van der Waals surface area contributed by atoms with Crippen LogP contribution in [0.4, 0.5) is 10.2 Å². The van der Waals surface area contributed by atoms with Crippen molar-refractivity contribution in [3.63, 3.8) is 0 Å². The van der Waals surface area contributed by atoms with Gasteiger partial charge in [-0.25, -0.2) is 14.2 Å². The molecule has 4 rings (SSSR count). The molecule has 3 N–H and O–H groups in total. The van der Waals surface area contributed by atoms with E-state index in [0.717, 1.165) is 18.9 Å². The van der Waals surface area contributed by atoms with Crippen LogP contribution >= 0.6 is 0 Å². The maximum Gasteiger partial charge on any atom is 0.341 e. The minimum Gasteiger partial charge on any atom is -0.477 e. The third-order valence-electron chi connectivity index (χ3n) is 5.33. The third kappa shape index (κ3) is 3.64. The summed E-state index contributed by atoms with van der Waals surface area (Å²) in [5, 5.41) is 17.0. The number of aromatic carboxylic acids is 1. The normalized spacial score (nSPS) is 20.5. The Morgan fingerprint density at radius 3 is 2.71 bits per heavy atom. The fourth-order valence-corrected chi connectivity index (χ4v) is 3.74. The molecular weight excluding hydrogens is 411 g/mol. The molecule has 11 nitrogen and oxygen atoms in total. The number of aromatic nitrogens is 2. The minimum atomic E-state index is -1.36. The molecule has 0 aromatic carbocycles. The summed E-state index contributed by atoms with van der Waals surface area (Å²) in [7, 11) is 2.75. The fraction of sp³-hybridized carbons (Fsp3) is 0.421. The van der Waals surface area contributed by atoms with Gasteiger partial charge in [-0.05, 0) is 18.9 Å². The zero-order valence-electron chi connectivity index (χ0n) is 16.9. The zero-order valence-corrected chi connectivity index (χ0v) is 16.9. The van der Waals surface area contributed by atoms with E-state index in [4.69, 9.17) is 15.4 Å². The van der Waals surface area contributed by atoms with Crippen molar-refractivity contribution in [3.05, 3.63) is 33.9 Å². The van der Waals surface area contributed by atoms with E-state index in [0.29, 0.717) is 5.71 Å². The van der Waals surface area contributed by atoms with Crippen molar-refractivity contribution in [1.82, 2.24) is 9.55 Å². The molecule has 2 aliphatic rings. The van der Waals surface area contributed by atoms with Crippen LogP contribution in [-0.4, -0.2) is 59.5 Å². The lowest BCUT2D eigenvalue weighted by molar-refractivity contribution is 0.0695. The molecule has 0 radical (unpaired) electrons. The van der Waals surface area contributed by atoms with Gasteiger partial charge in [-0.15, -0.1) is 0 Å². The minimum absolute atomic E-state index is 0.000829. The molecule has 0 amide bonds. The Bertz CT molecular complexity index is 1170. The highest BCUT2D eigenvalue weighted by Gasteiger charge is 2.36. The number of hydrogen-bond acceptors (Lipinski definition) is 8. The van der Waals surface area contributed by atoms with Gasteiger partial charge in [0.2, 0.25) is 5.43 Å². The second-order valence-electron chi connectivity index (χ2n) is 7.38. The Morgan fingerprint density at radius 2 is 2.10 bits per heavy atom. The van der Waals surface area contributed by atoms with Gasteiger partial charge in [-0.2, -0.15) is 0 Å². The monoisotopic (exact) mass is 432 g/mol. The highest BCUT2D eigenvalue weighted by atomic mass is 19.1. The molecule has 0 spiro atoms. The number of carbonyl (C=O) groups is 1. The van der Waals surface area contributed by atoms with Crippen molar-refractivity contribution in [3.8, 4) is 0 Å². The van der Waals surface area contributed by atoms with Gasteiger partial charge in [-0.1, -0.05) is 10.3 Å². The smallest absolute Gasteiger partial charge is 0.341 e. The van der Waals surface area contributed by atoms with Crippen molar-refractivity contribution in [2.45, 2.75) is 18.9 Å². The first kappa shape index (κ1) is 20.6.